The van der Waals surface area contributed by atoms with Gasteiger partial charge in [-0.05, 0) is 25.2 Å². The van der Waals surface area contributed by atoms with Crippen molar-refractivity contribution in [1.29, 1.82) is 0 Å². The zero-order valence-corrected chi connectivity index (χ0v) is 14.1. The van der Waals surface area contributed by atoms with Crippen LogP contribution in [0.3, 0.4) is 0 Å². The van der Waals surface area contributed by atoms with E-state index >= 15 is 0 Å². The van der Waals surface area contributed by atoms with Gasteiger partial charge in [0.2, 0.25) is 15.9 Å². The molecule has 7 nitrogen and oxygen atoms in total. The molecule has 1 aliphatic heterocycles. The highest BCUT2D eigenvalue weighted by molar-refractivity contribution is 7.89. The van der Waals surface area contributed by atoms with E-state index in [0.717, 1.165) is 12.8 Å². The minimum Gasteiger partial charge on any atom is -0.481 e. The first-order chi connectivity index (χ1) is 10.3. The molecule has 0 radical (unpaired) electrons. The third kappa shape index (κ3) is 5.57. The number of nitrogens with zero attached hydrogens (tertiary/aromatic N) is 2. The molecule has 1 heterocycles. The van der Waals surface area contributed by atoms with E-state index in [1.165, 1.54) is 4.31 Å². The van der Waals surface area contributed by atoms with E-state index in [2.05, 4.69) is 0 Å². The van der Waals surface area contributed by atoms with E-state index in [4.69, 9.17) is 5.11 Å². The number of hydrogen-bond donors (Lipinski definition) is 1. The molecule has 0 bridgehead atoms. The van der Waals surface area contributed by atoms with Gasteiger partial charge in [-0.25, -0.2) is 12.7 Å². The topological polar surface area (TPSA) is 95.0 Å². The summed E-state index contributed by atoms with van der Waals surface area (Å²) in [5.74, 6) is -1.58. The summed E-state index contributed by atoms with van der Waals surface area (Å²) >= 11 is 0. The summed E-state index contributed by atoms with van der Waals surface area (Å²) in [4.78, 5) is 24.4. The Morgan fingerprint density at radius 1 is 1.27 bits per heavy atom. The standard InChI is InChI=1S/C14H26N2O5S/c1-3-16(4-2)22(20,21)11-13(17)15-9-5-6-12(10-15)7-8-14(18)19/h12H,3-11H2,1-2H3,(H,18,19). The summed E-state index contributed by atoms with van der Waals surface area (Å²) in [7, 11) is -3.57. The molecule has 128 valence electrons. The second kappa shape index (κ2) is 8.47. The smallest absolute Gasteiger partial charge is 0.303 e. The second-order valence-corrected chi connectivity index (χ2v) is 7.59. The van der Waals surface area contributed by atoms with Crippen LogP contribution < -0.4 is 0 Å². The maximum Gasteiger partial charge on any atom is 0.303 e. The lowest BCUT2D eigenvalue weighted by molar-refractivity contribution is -0.137. The van der Waals surface area contributed by atoms with Crippen molar-refractivity contribution in [3.05, 3.63) is 0 Å². The Hall–Kier alpha value is -1.15. The number of carboxylic acid groups (broad SMARTS) is 1. The Bertz CT molecular complexity index is 487. The minimum absolute atomic E-state index is 0.0877. The largest absolute Gasteiger partial charge is 0.481 e. The molecule has 1 rings (SSSR count). The van der Waals surface area contributed by atoms with Crippen molar-refractivity contribution in [2.24, 2.45) is 5.92 Å². The molecule has 0 aromatic carbocycles. The highest BCUT2D eigenvalue weighted by atomic mass is 32.2. The number of carbonyl (C=O) groups excluding carboxylic acids is 1. The van der Waals surface area contributed by atoms with Crippen molar-refractivity contribution >= 4 is 21.9 Å². The summed E-state index contributed by atoms with van der Waals surface area (Å²) in [6.07, 6.45) is 2.30. The van der Waals surface area contributed by atoms with Crippen molar-refractivity contribution in [2.45, 2.75) is 39.5 Å². The van der Waals surface area contributed by atoms with E-state index in [0.29, 0.717) is 32.6 Å². The Balaban J connectivity index is 2.59. The van der Waals surface area contributed by atoms with Crippen molar-refractivity contribution in [2.75, 3.05) is 31.9 Å². The first kappa shape index (κ1) is 18.9. The summed E-state index contributed by atoms with van der Waals surface area (Å²) < 4.78 is 25.6. The molecule has 1 unspecified atom stereocenters. The predicted octanol–water partition coefficient (Wildman–Crippen LogP) is 0.761. The average Bonchev–Trinajstić information content (AvgIpc) is 2.45. The molecule has 0 saturated carbocycles. The van der Waals surface area contributed by atoms with Gasteiger partial charge in [0.1, 0.15) is 5.75 Å². The molecule has 0 aromatic rings. The van der Waals surface area contributed by atoms with Crippen LogP contribution in [0.25, 0.3) is 0 Å². The lowest BCUT2D eigenvalue weighted by Crippen LogP contribution is -2.45. The predicted molar refractivity (Wildman–Crippen MR) is 82.9 cm³/mol. The number of likely N-dealkylation sites (tertiary alicyclic amines) is 1. The van der Waals surface area contributed by atoms with E-state index < -0.39 is 21.7 Å². The Kier molecular flexibility index (Phi) is 7.28. The van der Waals surface area contributed by atoms with Crippen LogP contribution in [0.5, 0.6) is 0 Å². The molecular formula is C14H26N2O5S. The third-order valence-electron chi connectivity index (χ3n) is 4.04. The van der Waals surface area contributed by atoms with E-state index in [1.807, 2.05) is 0 Å². The Labute approximate surface area is 132 Å². The second-order valence-electron chi connectivity index (χ2n) is 5.62. The van der Waals surface area contributed by atoms with Crippen molar-refractivity contribution < 1.29 is 23.1 Å². The van der Waals surface area contributed by atoms with Gasteiger partial charge in [0.25, 0.3) is 0 Å². The fourth-order valence-corrected chi connectivity index (χ4v) is 4.27. The number of aliphatic carboxylic acids is 1. The normalized spacial score (nSPS) is 19.4. The van der Waals surface area contributed by atoms with Crippen LogP contribution in [0, 0.1) is 5.92 Å². The molecule has 1 atom stereocenters. The van der Waals surface area contributed by atoms with Gasteiger partial charge in [-0.2, -0.15) is 0 Å². The number of amides is 1. The van der Waals surface area contributed by atoms with Gasteiger partial charge < -0.3 is 10.0 Å². The highest BCUT2D eigenvalue weighted by Crippen LogP contribution is 2.21. The number of carboxylic acids is 1. The molecule has 1 amide bonds. The molecule has 1 fully saturated rings. The van der Waals surface area contributed by atoms with Crippen molar-refractivity contribution in [1.82, 2.24) is 9.21 Å². The Morgan fingerprint density at radius 2 is 1.91 bits per heavy atom. The number of hydrogen-bond acceptors (Lipinski definition) is 4. The molecule has 0 aliphatic carbocycles. The van der Waals surface area contributed by atoms with Crippen molar-refractivity contribution in [3.8, 4) is 0 Å². The lowest BCUT2D eigenvalue weighted by Gasteiger charge is -2.33. The fraction of sp³-hybridized carbons (Fsp3) is 0.857. The molecular weight excluding hydrogens is 308 g/mol. The van der Waals surface area contributed by atoms with E-state index in [-0.39, 0.29) is 18.2 Å². The zero-order chi connectivity index (χ0) is 16.8. The number of sulfonamides is 1. The molecule has 1 saturated heterocycles. The van der Waals surface area contributed by atoms with Crippen LogP contribution >= 0.6 is 0 Å². The van der Waals surface area contributed by atoms with Crippen LogP contribution in [-0.4, -0.2) is 66.5 Å². The summed E-state index contributed by atoms with van der Waals surface area (Å²) in [6.45, 7) is 5.21. The Morgan fingerprint density at radius 3 is 2.45 bits per heavy atom. The average molecular weight is 334 g/mol. The number of rotatable bonds is 8. The molecule has 0 spiro atoms. The van der Waals surface area contributed by atoms with Crippen LogP contribution in [0.4, 0.5) is 0 Å². The van der Waals surface area contributed by atoms with Gasteiger partial charge in [-0.3, -0.25) is 9.59 Å². The monoisotopic (exact) mass is 334 g/mol. The molecule has 1 N–H and O–H groups in total. The summed E-state index contributed by atoms with van der Waals surface area (Å²) in [6, 6.07) is 0. The lowest BCUT2D eigenvalue weighted by atomic mass is 9.93. The molecule has 1 aliphatic rings. The van der Waals surface area contributed by atoms with Gasteiger partial charge >= 0.3 is 5.97 Å². The summed E-state index contributed by atoms with van der Waals surface area (Å²) in [5.41, 5.74) is 0. The molecule has 22 heavy (non-hydrogen) atoms. The van der Waals surface area contributed by atoms with Crippen molar-refractivity contribution in [3.63, 3.8) is 0 Å². The quantitative estimate of drug-likeness (QED) is 0.707. The van der Waals surface area contributed by atoms with Crippen LogP contribution in [0.15, 0.2) is 0 Å². The first-order valence-corrected chi connectivity index (χ1v) is 9.38. The maximum absolute atomic E-state index is 12.2. The maximum atomic E-state index is 12.2. The van der Waals surface area contributed by atoms with Crippen LogP contribution in [0.1, 0.15) is 39.5 Å². The van der Waals surface area contributed by atoms with E-state index in [1.54, 1.807) is 18.7 Å². The minimum atomic E-state index is -3.57. The third-order valence-corrected chi connectivity index (χ3v) is 5.96. The van der Waals surface area contributed by atoms with E-state index in [9.17, 15) is 18.0 Å². The molecule has 0 aromatic heterocycles. The van der Waals surface area contributed by atoms with Gasteiger partial charge in [0, 0.05) is 32.6 Å². The zero-order valence-electron chi connectivity index (χ0n) is 13.3. The molecule has 8 heteroatoms. The van der Waals surface area contributed by atoms with Gasteiger partial charge in [0.15, 0.2) is 0 Å². The van der Waals surface area contributed by atoms with Gasteiger partial charge in [0.05, 0.1) is 0 Å². The van der Waals surface area contributed by atoms with Gasteiger partial charge in [-0.15, -0.1) is 0 Å². The first-order valence-electron chi connectivity index (χ1n) is 7.77. The fourth-order valence-electron chi connectivity index (χ4n) is 2.81. The van der Waals surface area contributed by atoms with Crippen LogP contribution in [0.2, 0.25) is 0 Å². The summed E-state index contributed by atoms with van der Waals surface area (Å²) in [5, 5.41) is 8.72. The number of carbonyl (C=O) groups is 2. The number of piperidine rings is 1. The SMILES string of the molecule is CCN(CC)S(=O)(=O)CC(=O)N1CCCC(CCC(=O)O)C1. The highest BCUT2D eigenvalue weighted by Gasteiger charge is 2.29. The van der Waals surface area contributed by atoms with Crippen LogP contribution in [-0.2, 0) is 19.6 Å². The van der Waals surface area contributed by atoms with Gasteiger partial charge in [-0.1, -0.05) is 13.8 Å².